The highest BCUT2D eigenvalue weighted by Gasteiger charge is 2.23. The van der Waals surface area contributed by atoms with Gasteiger partial charge < -0.3 is 15.8 Å². The molecule has 1 aliphatic heterocycles. The number of nitrogens with zero attached hydrogens (tertiary/aromatic N) is 4. The van der Waals surface area contributed by atoms with Crippen LogP contribution in [0, 0.1) is 0 Å². The molecule has 1 saturated heterocycles. The van der Waals surface area contributed by atoms with Crippen molar-refractivity contribution in [1.29, 1.82) is 0 Å². The highest BCUT2D eigenvalue weighted by Crippen LogP contribution is 2.33. The van der Waals surface area contributed by atoms with E-state index >= 15 is 0 Å². The van der Waals surface area contributed by atoms with Gasteiger partial charge in [-0.15, -0.1) is 0 Å². The van der Waals surface area contributed by atoms with E-state index in [9.17, 15) is 8.42 Å². The van der Waals surface area contributed by atoms with Gasteiger partial charge in [-0.1, -0.05) is 30.3 Å². The Bertz CT molecular complexity index is 1450. The molecule has 0 radical (unpaired) electrons. The zero-order chi connectivity index (χ0) is 24.4. The Labute approximate surface area is 203 Å². The number of nitrogens with one attached hydrogen (secondary N) is 2. The fourth-order valence-corrected chi connectivity index (χ4v) is 5.36. The van der Waals surface area contributed by atoms with E-state index in [0.29, 0.717) is 17.3 Å². The van der Waals surface area contributed by atoms with Gasteiger partial charge in [0.05, 0.1) is 23.4 Å². The van der Waals surface area contributed by atoms with Crippen molar-refractivity contribution in [3.8, 4) is 17.0 Å². The molecule has 35 heavy (non-hydrogen) atoms. The molecule has 182 valence electrons. The summed E-state index contributed by atoms with van der Waals surface area (Å²) < 4.78 is 35.1. The number of fused-ring (bicyclic) bond motifs is 1. The van der Waals surface area contributed by atoms with Crippen LogP contribution in [-0.2, 0) is 16.6 Å². The molecule has 4 aromatic rings. The van der Waals surface area contributed by atoms with Gasteiger partial charge >= 0.3 is 0 Å². The second kappa shape index (κ2) is 9.61. The van der Waals surface area contributed by atoms with Gasteiger partial charge in [0, 0.05) is 24.7 Å². The lowest BCUT2D eigenvalue weighted by Crippen LogP contribution is -2.32. The van der Waals surface area contributed by atoms with Crippen molar-refractivity contribution >= 4 is 26.9 Å². The summed E-state index contributed by atoms with van der Waals surface area (Å²) in [5, 5.41) is 9.03. The maximum atomic E-state index is 12.7. The average molecular weight is 494 g/mol. The number of ether oxygens (including phenoxy) is 1. The summed E-state index contributed by atoms with van der Waals surface area (Å²) >= 11 is 0. The molecule has 5 rings (SSSR count). The van der Waals surface area contributed by atoms with Gasteiger partial charge in [0.2, 0.25) is 10.0 Å². The molecular weight excluding hydrogens is 466 g/mol. The van der Waals surface area contributed by atoms with Crippen LogP contribution in [0.15, 0.2) is 59.8 Å². The number of aromatic nitrogens is 4. The topological polar surface area (TPSA) is 137 Å². The van der Waals surface area contributed by atoms with E-state index in [1.54, 1.807) is 12.1 Å². The summed E-state index contributed by atoms with van der Waals surface area (Å²) in [6.45, 7) is 1.98. The minimum atomic E-state index is -3.68. The number of methoxy groups -OCH3 is 1. The van der Waals surface area contributed by atoms with Crippen LogP contribution in [0.2, 0.25) is 0 Å². The van der Waals surface area contributed by atoms with Gasteiger partial charge in [0.15, 0.2) is 5.65 Å². The SMILES string of the molecule is COc1cccc(S(=O)(=O)NCc2ccc(-c3nn(C4CCCNC4)c4ncnc(N)c34)cc2)c1. The van der Waals surface area contributed by atoms with Crippen LogP contribution >= 0.6 is 0 Å². The Morgan fingerprint density at radius 1 is 1.20 bits per heavy atom. The molecule has 0 spiro atoms. The quantitative estimate of drug-likeness (QED) is 0.357. The zero-order valence-corrected chi connectivity index (χ0v) is 20.1. The van der Waals surface area contributed by atoms with Crippen molar-refractivity contribution in [3.63, 3.8) is 0 Å². The van der Waals surface area contributed by atoms with Gasteiger partial charge in [-0.2, -0.15) is 5.10 Å². The highest BCUT2D eigenvalue weighted by atomic mass is 32.2. The number of rotatable bonds is 7. The number of piperidine rings is 1. The van der Waals surface area contributed by atoms with Crippen molar-refractivity contribution in [2.75, 3.05) is 25.9 Å². The van der Waals surface area contributed by atoms with Crippen molar-refractivity contribution in [2.24, 2.45) is 0 Å². The van der Waals surface area contributed by atoms with Gasteiger partial charge in [0.25, 0.3) is 0 Å². The van der Waals surface area contributed by atoms with E-state index in [0.717, 1.165) is 48.1 Å². The number of benzene rings is 2. The van der Waals surface area contributed by atoms with Crippen LogP contribution in [0.5, 0.6) is 5.75 Å². The first-order valence-corrected chi connectivity index (χ1v) is 12.9. The number of hydrogen-bond acceptors (Lipinski definition) is 8. The number of nitrogen functional groups attached to an aromatic ring is 1. The maximum absolute atomic E-state index is 12.7. The lowest BCUT2D eigenvalue weighted by molar-refractivity contribution is 0.354. The second-order valence-corrected chi connectivity index (χ2v) is 10.2. The maximum Gasteiger partial charge on any atom is 0.241 e. The third kappa shape index (κ3) is 4.70. The molecule has 1 unspecified atom stereocenters. The Kier molecular flexibility index (Phi) is 6.37. The van der Waals surface area contributed by atoms with Crippen LogP contribution in [0.1, 0.15) is 24.4 Å². The summed E-state index contributed by atoms with van der Waals surface area (Å²) in [6, 6.07) is 14.1. The Morgan fingerprint density at radius 2 is 2.03 bits per heavy atom. The third-order valence-electron chi connectivity index (χ3n) is 6.18. The fraction of sp³-hybridized carbons (Fsp3) is 0.292. The molecule has 11 heteroatoms. The molecule has 2 aromatic carbocycles. The smallest absolute Gasteiger partial charge is 0.241 e. The molecular formula is C24H27N7O3S. The summed E-state index contributed by atoms with van der Waals surface area (Å²) in [5.74, 6) is 0.867. The van der Waals surface area contributed by atoms with Gasteiger partial charge in [0.1, 0.15) is 23.6 Å². The zero-order valence-electron chi connectivity index (χ0n) is 19.3. The highest BCUT2D eigenvalue weighted by molar-refractivity contribution is 7.89. The Morgan fingerprint density at radius 3 is 2.77 bits per heavy atom. The number of hydrogen-bond donors (Lipinski definition) is 3. The average Bonchev–Trinajstić information content (AvgIpc) is 3.29. The summed E-state index contributed by atoms with van der Waals surface area (Å²) in [6.07, 6.45) is 3.55. The molecule has 4 N–H and O–H groups in total. The first-order chi connectivity index (χ1) is 17.0. The molecule has 0 amide bonds. The molecule has 10 nitrogen and oxygen atoms in total. The molecule has 2 aromatic heterocycles. The largest absolute Gasteiger partial charge is 0.497 e. The summed E-state index contributed by atoms with van der Waals surface area (Å²) in [7, 11) is -2.18. The second-order valence-electron chi connectivity index (χ2n) is 8.45. The number of nitrogens with two attached hydrogens (primary N) is 1. The van der Waals surface area contributed by atoms with Crippen molar-refractivity contribution < 1.29 is 13.2 Å². The molecule has 1 atom stereocenters. The minimum Gasteiger partial charge on any atom is -0.497 e. The van der Waals surface area contributed by atoms with Gasteiger partial charge in [-0.25, -0.2) is 27.8 Å². The molecule has 0 saturated carbocycles. The van der Waals surface area contributed by atoms with Crippen molar-refractivity contribution in [3.05, 3.63) is 60.4 Å². The molecule has 0 bridgehead atoms. The van der Waals surface area contributed by atoms with Gasteiger partial charge in [-0.05, 0) is 37.1 Å². The minimum absolute atomic E-state index is 0.147. The Hall–Kier alpha value is -3.54. The molecule has 1 aliphatic rings. The first kappa shape index (κ1) is 23.2. The van der Waals surface area contributed by atoms with Crippen molar-refractivity contribution in [1.82, 2.24) is 29.8 Å². The van der Waals surface area contributed by atoms with Crippen LogP contribution in [-0.4, -0.2) is 48.4 Å². The molecule has 0 aliphatic carbocycles. The Balaban J connectivity index is 1.39. The number of anilines is 1. The van der Waals surface area contributed by atoms with Gasteiger partial charge in [-0.3, -0.25) is 0 Å². The van der Waals surface area contributed by atoms with Crippen LogP contribution in [0.3, 0.4) is 0 Å². The van der Waals surface area contributed by atoms with Crippen molar-refractivity contribution in [2.45, 2.75) is 30.3 Å². The predicted molar refractivity (Wildman–Crippen MR) is 133 cm³/mol. The van der Waals surface area contributed by atoms with E-state index in [1.165, 1.54) is 25.6 Å². The lowest BCUT2D eigenvalue weighted by atomic mass is 10.1. The number of sulfonamides is 1. The van der Waals surface area contributed by atoms with E-state index in [2.05, 4.69) is 20.0 Å². The third-order valence-corrected chi connectivity index (χ3v) is 7.58. The van der Waals surface area contributed by atoms with Crippen LogP contribution < -0.4 is 20.5 Å². The standard InChI is InChI=1S/C24H27N7O3S/c1-34-19-5-2-6-20(12-19)35(32,33)29-13-16-7-9-17(10-8-16)22-21-23(25)27-15-28-24(21)31(30-22)18-4-3-11-26-14-18/h2,5-10,12,15,18,26,29H,3-4,11,13-14H2,1H3,(H2,25,27,28). The molecule has 1 fully saturated rings. The predicted octanol–water partition coefficient (Wildman–Crippen LogP) is 2.49. The first-order valence-electron chi connectivity index (χ1n) is 11.4. The van der Waals surface area contributed by atoms with E-state index < -0.39 is 10.0 Å². The fourth-order valence-electron chi connectivity index (χ4n) is 4.30. The summed E-state index contributed by atoms with van der Waals surface area (Å²) in [4.78, 5) is 8.80. The van der Waals surface area contributed by atoms with E-state index in [1.807, 2.05) is 28.9 Å². The van der Waals surface area contributed by atoms with Crippen LogP contribution in [0.25, 0.3) is 22.3 Å². The normalized spacial score (nSPS) is 16.4. The summed E-state index contributed by atoms with van der Waals surface area (Å²) in [5.41, 5.74) is 9.34. The monoisotopic (exact) mass is 493 g/mol. The van der Waals surface area contributed by atoms with E-state index in [-0.39, 0.29) is 17.5 Å². The van der Waals surface area contributed by atoms with E-state index in [4.69, 9.17) is 15.6 Å². The van der Waals surface area contributed by atoms with Crippen LogP contribution in [0.4, 0.5) is 5.82 Å². The molecule has 3 heterocycles. The lowest BCUT2D eigenvalue weighted by Gasteiger charge is -2.23.